The van der Waals surface area contributed by atoms with Crippen LogP contribution in [-0.4, -0.2) is 25.2 Å². The molecule has 0 aliphatic heterocycles. The predicted molar refractivity (Wildman–Crippen MR) is 74.1 cm³/mol. The Morgan fingerprint density at radius 2 is 2.10 bits per heavy atom. The van der Waals surface area contributed by atoms with E-state index in [0.29, 0.717) is 18.7 Å². The molecule has 0 saturated carbocycles. The number of hydrogen-bond donors (Lipinski definition) is 0. The highest BCUT2D eigenvalue weighted by atomic mass is 19.1. The van der Waals surface area contributed by atoms with Gasteiger partial charge in [-0.2, -0.15) is 5.26 Å². The highest BCUT2D eigenvalue weighted by molar-refractivity contribution is 5.41. The molecule has 0 aliphatic rings. The van der Waals surface area contributed by atoms with Crippen molar-refractivity contribution in [2.75, 3.05) is 25.1 Å². The number of halogens is 1. The Bertz CT molecular complexity index is 607. The van der Waals surface area contributed by atoms with Gasteiger partial charge in [0.2, 0.25) is 0 Å². The Labute approximate surface area is 117 Å². The molecule has 0 N–H and O–H groups in total. The average molecular weight is 271 g/mol. The second-order valence-electron chi connectivity index (χ2n) is 4.22. The molecular weight excluding hydrogens is 257 g/mol. The lowest BCUT2D eigenvalue weighted by Crippen LogP contribution is -2.24. The monoisotopic (exact) mass is 271 g/mol. The quantitative estimate of drug-likeness (QED) is 0.838. The van der Waals surface area contributed by atoms with Gasteiger partial charge in [-0.1, -0.05) is 12.1 Å². The van der Waals surface area contributed by atoms with Crippen LogP contribution in [-0.2, 0) is 0 Å². The average Bonchev–Trinajstić information content (AvgIpc) is 2.49. The third kappa shape index (κ3) is 3.45. The van der Waals surface area contributed by atoms with Gasteiger partial charge < -0.3 is 9.64 Å². The van der Waals surface area contributed by atoms with Crippen LogP contribution in [0.4, 0.5) is 10.2 Å². The molecule has 102 valence electrons. The van der Waals surface area contributed by atoms with Crippen LogP contribution >= 0.6 is 0 Å². The van der Waals surface area contributed by atoms with E-state index in [4.69, 9.17) is 10.00 Å². The molecule has 0 spiro atoms. The molecule has 2 rings (SSSR count). The normalized spacial score (nSPS) is 9.85. The molecule has 2 aromatic rings. The Morgan fingerprint density at radius 3 is 2.75 bits per heavy atom. The molecule has 0 unspecified atom stereocenters. The Balaban J connectivity index is 1.87. The van der Waals surface area contributed by atoms with Crippen LogP contribution in [0.1, 0.15) is 5.56 Å². The van der Waals surface area contributed by atoms with E-state index in [0.717, 1.165) is 5.82 Å². The fourth-order valence-corrected chi connectivity index (χ4v) is 1.65. The van der Waals surface area contributed by atoms with E-state index in [2.05, 4.69) is 4.98 Å². The molecule has 5 heteroatoms. The van der Waals surface area contributed by atoms with E-state index in [1.807, 2.05) is 18.0 Å². The first-order valence-corrected chi connectivity index (χ1v) is 6.15. The van der Waals surface area contributed by atoms with Gasteiger partial charge in [0.1, 0.15) is 18.5 Å². The highest BCUT2D eigenvalue weighted by Crippen LogP contribution is 2.15. The van der Waals surface area contributed by atoms with Gasteiger partial charge in [-0.15, -0.1) is 0 Å². The summed E-state index contributed by atoms with van der Waals surface area (Å²) in [7, 11) is 1.86. The zero-order valence-corrected chi connectivity index (χ0v) is 11.1. The van der Waals surface area contributed by atoms with Gasteiger partial charge in [0.25, 0.3) is 0 Å². The van der Waals surface area contributed by atoms with E-state index < -0.39 is 0 Å². The summed E-state index contributed by atoms with van der Waals surface area (Å²) in [6.07, 6.45) is 1.52. The second-order valence-corrected chi connectivity index (χ2v) is 4.22. The summed E-state index contributed by atoms with van der Waals surface area (Å²) in [6, 6.07) is 11.8. The molecule has 0 radical (unpaired) electrons. The zero-order chi connectivity index (χ0) is 14.4. The Morgan fingerprint density at radius 1 is 1.30 bits per heavy atom. The van der Waals surface area contributed by atoms with Crippen molar-refractivity contribution in [2.45, 2.75) is 0 Å². The number of benzene rings is 1. The molecule has 4 nitrogen and oxygen atoms in total. The topological polar surface area (TPSA) is 49.1 Å². The van der Waals surface area contributed by atoms with Crippen molar-refractivity contribution in [3.63, 3.8) is 0 Å². The number of pyridine rings is 1. The highest BCUT2D eigenvalue weighted by Gasteiger charge is 2.05. The number of hydrogen-bond acceptors (Lipinski definition) is 4. The molecule has 1 aromatic carbocycles. The van der Waals surface area contributed by atoms with Gasteiger partial charge in [0.05, 0.1) is 12.1 Å². The number of para-hydroxylation sites is 1. The first-order valence-electron chi connectivity index (χ1n) is 6.15. The fraction of sp³-hybridized carbons (Fsp3) is 0.200. The molecule has 0 bridgehead atoms. The van der Waals surface area contributed by atoms with Crippen molar-refractivity contribution >= 4 is 5.82 Å². The molecule has 0 aliphatic carbocycles. The summed E-state index contributed by atoms with van der Waals surface area (Å²) < 4.78 is 18.7. The van der Waals surface area contributed by atoms with Crippen LogP contribution in [0.3, 0.4) is 0 Å². The van der Waals surface area contributed by atoms with Crippen molar-refractivity contribution in [1.82, 2.24) is 4.98 Å². The second kappa shape index (κ2) is 6.53. The summed E-state index contributed by atoms with van der Waals surface area (Å²) in [5.74, 6) is 0.612. The maximum Gasteiger partial charge on any atom is 0.165 e. The number of rotatable bonds is 5. The smallest absolute Gasteiger partial charge is 0.165 e. The minimum atomic E-state index is -0.369. The van der Waals surface area contributed by atoms with Crippen molar-refractivity contribution in [3.05, 3.63) is 54.0 Å². The number of likely N-dealkylation sites (N-methyl/N-ethyl adjacent to an activating group) is 1. The molecule has 1 aromatic heterocycles. The van der Waals surface area contributed by atoms with E-state index in [9.17, 15) is 4.39 Å². The number of nitrogens with zero attached hydrogens (tertiary/aromatic N) is 3. The maximum atomic E-state index is 13.3. The van der Waals surface area contributed by atoms with Gasteiger partial charge in [-0.25, -0.2) is 9.37 Å². The maximum absolute atomic E-state index is 13.3. The van der Waals surface area contributed by atoms with Crippen LogP contribution < -0.4 is 9.64 Å². The van der Waals surface area contributed by atoms with Crippen LogP contribution in [0.25, 0.3) is 0 Å². The van der Waals surface area contributed by atoms with Crippen LogP contribution in [0.2, 0.25) is 0 Å². The molecule has 0 saturated heterocycles. The van der Waals surface area contributed by atoms with Crippen LogP contribution in [0.5, 0.6) is 5.75 Å². The fourth-order valence-electron chi connectivity index (χ4n) is 1.65. The molecular formula is C15H14FN3O. The van der Waals surface area contributed by atoms with E-state index >= 15 is 0 Å². The van der Waals surface area contributed by atoms with Gasteiger partial charge >= 0.3 is 0 Å². The summed E-state index contributed by atoms with van der Waals surface area (Å²) >= 11 is 0. The van der Waals surface area contributed by atoms with Crippen molar-refractivity contribution < 1.29 is 9.13 Å². The number of nitriles is 1. The summed E-state index contributed by atoms with van der Waals surface area (Å²) in [5.41, 5.74) is 0.518. The van der Waals surface area contributed by atoms with Crippen molar-refractivity contribution in [3.8, 4) is 11.8 Å². The zero-order valence-electron chi connectivity index (χ0n) is 11.1. The third-order valence-corrected chi connectivity index (χ3v) is 2.79. The first kappa shape index (κ1) is 13.8. The molecule has 0 fully saturated rings. The van der Waals surface area contributed by atoms with E-state index in [1.165, 1.54) is 12.3 Å². The lowest BCUT2D eigenvalue weighted by atomic mass is 10.3. The lowest BCUT2D eigenvalue weighted by molar-refractivity contribution is 0.309. The largest absolute Gasteiger partial charge is 0.489 e. The molecule has 20 heavy (non-hydrogen) atoms. The SMILES string of the molecule is CN(CCOc1ccccc1F)c1ccc(C#N)cn1. The standard InChI is InChI=1S/C15H14FN3O/c1-19(15-7-6-12(10-17)11-18-15)8-9-20-14-5-3-2-4-13(14)16/h2-7,11H,8-9H2,1H3. The van der Waals surface area contributed by atoms with Gasteiger partial charge in [-0.3, -0.25) is 0 Å². The van der Waals surface area contributed by atoms with Crippen molar-refractivity contribution in [2.24, 2.45) is 0 Å². The van der Waals surface area contributed by atoms with Gasteiger partial charge in [-0.05, 0) is 24.3 Å². The minimum absolute atomic E-state index is 0.244. The third-order valence-electron chi connectivity index (χ3n) is 2.79. The van der Waals surface area contributed by atoms with E-state index in [-0.39, 0.29) is 11.6 Å². The van der Waals surface area contributed by atoms with Gasteiger partial charge in [0.15, 0.2) is 11.6 Å². The molecule has 1 heterocycles. The summed E-state index contributed by atoms with van der Waals surface area (Å²) in [6.45, 7) is 0.909. The van der Waals surface area contributed by atoms with Gasteiger partial charge in [0, 0.05) is 13.2 Å². The number of ether oxygens (including phenoxy) is 1. The minimum Gasteiger partial charge on any atom is -0.489 e. The molecule has 0 atom stereocenters. The lowest BCUT2D eigenvalue weighted by Gasteiger charge is -2.18. The number of anilines is 1. The summed E-state index contributed by atoms with van der Waals surface area (Å²) in [5, 5.41) is 8.70. The number of aromatic nitrogens is 1. The van der Waals surface area contributed by atoms with E-state index in [1.54, 1.807) is 30.3 Å². The summed E-state index contributed by atoms with van der Waals surface area (Å²) in [4.78, 5) is 6.04. The van der Waals surface area contributed by atoms with Crippen LogP contribution in [0.15, 0.2) is 42.6 Å². The molecule has 0 amide bonds. The predicted octanol–water partition coefficient (Wildman–Crippen LogP) is 2.61. The Hall–Kier alpha value is -2.61. The Kier molecular flexibility index (Phi) is 4.51. The van der Waals surface area contributed by atoms with Crippen LogP contribution in [0, 0.1) is 17.1 Å². The van der Waals surface area contributed by atoms with Crippen molar-refractivity contribution in [1.29, 1.82) is 5.26 Å². The first-order chi connectivity index (χ1) is 9.70.